The van der Waals surface area contributed by atoms with Crippen molar-refractivity contribution in [3.63, 3.8) is 0 Å². The van der Waals surface area contributed by atoms with Crippen molar-refractivity contribution < 1.29 is 14.3 Å². The first kappa shape index (κ1) is 22.3. The molecule has 2 aromatic heterocycles. The molecule has 2 aromatic carbocycles. The lowest BCUT2D eigenvalue weighted by Gasteiger charge is -2.08. The maximum absolute atomic E-state index is 12.2. The van der Waals surface area contributed by atoms with Crippen LogP contribution in [0.15, 0.2) is 60.1 Å². The molecule has 0 unspecified atom stereocenters. The molecule has 0 amide bonds. The molecule has 7 heteroatoms. The molecule has 0 radical (unpaired) electrons. The van der Waals surface area contributed by atoms with Crippen LogP contribution in [0.3, 0.4) is 0 Å². The van der Waals surface area contributed by atoms with Gasteiger partial charge < -0.3 is 9.47 Å². The molecule has 4 nitrogen and oxygen atoms in total. The van der Waals surface area contributed by atoms with Gasteiger partial charge >= 0.3 is 5.97 Å². The number of ether oxygens (including phenoxy) is 2. The van der Waals surface area contributed by atoms with Gasteiger partial charge in [-0.15, -0.1) is 11.3 Å². The maximum Gasteiger partial charge on any atom is 0.341 e. The topological polar surface area (TPSA) is 48.4 Å². The van der Waals surface area contributed by atoms with Gasteiger partial charge in [-0.05, 0) is 47.7 Å². The molecule has 0 N–H and O–H groups in total. The van der Waals surface area contributed by atoms with Crippen molar-refractivity contribution in [3.8, 4) is 5.75 Å². The molecule has 0 spiro atoms. The van der Waals surface area contributed by atoms with Crippen molar-refractivity contribution in [2.45, 2.75) is 13.5 Å². The standard InChI is InChI=1S/C25H19Cl2NO3S/c1-2-30-25(29)21-13-28-24(27)22-18(15-32-23(21)22)14-31-20-5-3-4-17(12-20)7-6-16-8-10-19(26)11-9-16/h3-13,15H,2,14H2,1H3. The number of thiophene rings is 1. The van der Waals surface area contributed by atoms with E-state index in [9.17, 15) is 4.79 Å². The molecule has 4 rings (SSSR count). The lowest BCUT2D eigenvalue weighted by molar-refractivity contribution is 0.0528. The van der Waals surface area contributed by atoms with Crippen molar-refractivity contribution >= 4 is 62.7 Å². The summed E-state index contributed by atoms with van der Waals surface area (Å²) in [5.41, 5.74) is 3.36. The third-order valence-electron chi connectivity index (χ3n) is 4.71. The van der Waals surface area contributed by atoms with Crippen LogP contribution in [0.5, 0.6) is 5.75 Å². The van der Waals surface area contributed by atoms with Crippen molar-refractivity contribution in [2.24, 2.45) is 0 Å². The van der Waals surface area contributed by atoms with Gasteiger partial charge in [0.25, 0.3) is 0 Å². The zero-order valence-electron chi connectivity index (χ0n) is 17.2. The van der Waals surface area contributed by atoms with Gasteiger partial charge in [-0.25, -0.2) is 9.78 Å². The predicted octanol–water partition coefficient (Wildman–Crippen LogP) is 7.53. The van der Waals surface area contributed by atoms with Gasteiger partial charge in [0.2, 0.25) is 0 Å². The minimum Gasteiger partial charge on any atom is -0.489 e. The van der Waals surface area contributed by atoms with E-state index < -0.39 is 5.97 Å². The van der Waals surface area contributed by atoms with E-state index in [1.54, 1.807) is 6.92 Å². The minimum absolute atomic E-state index is 0.299. The van der Waals surface area contributed by atoms with Gasteiger partial charge in [0.1, 0.15) is 17.5 Å². The Morgan fingerprint density at radius 1 is 1.09 bits per heavy atom. The second-order valence-corrected chi connectivity index (χ2v) is 8.57. The molecule has 0 bridgehead atoms. The Morgan fingerprint density at radius 2 is 1.88 bits per heavy atom. The molecule has 32 heavy (non-hydrogen) atoms. The quantitative estimate of drug-likeness (QED) is 0.155. The van der Waals surface area contributed by atoms with E-state index in [1.165, 1.54) is 17.5 Å². The molecular weight excluding hydrogens is 465 g/mol. The lowest BCUT2D eigenvalue weighted by atomic mass is 10.1. The molecule has 0 aliphatic heterocycles. The lowest BCUT2D eigenvalue weighted by Crippen LogP contribution is -2.05. The van der Waals surface area contributed by atoms with Crippen LogP contribution in [-0.2, 0) is 11.3 Å². The fourth-order valence-corrected chi connectivity index (χ4v) is 4.66. The number of carbonyl (C=O) groups is 1. The molecular formula is C25H19Cl2NO3S. The highest BCUT2D eigenvalue weighted by Gasteiger charge is 2.18. The van der Waals surface area contributed by atoms with Crippen LogP contribution in [0, 0.1) is 0 Å². The van der Waals surface area contributed by atoms with Crippen LogP contribution in [0.4, 0.5) is 0 Å². The Labute approximate surface area is 200 Å². The number of hydrogen-bond acceptors (Lipinski definition) is 5. The average Bonchev–Trinajstić information content (AvgIpc) is 3.23. The van der Waals surface area contributed by atoms with E-state index in [0.717, 1.165) is 32.5 Å². The van der Waals surface area contributed by atoms with Crippen molar-refractivity contribution in [3.05, 3.63) is 92.5 Å². The summed E-state index contributed by atoms with van der Waals surface area (Å²) in [6, 6.07) is 15.5. The highest BCUT2D eigenvalue weighted by Crippen LogP contribution is 2.34. The summed E-state index contributed by atoms with van der Waals surface area (Å²) in [7, 11) is 0. The second kappa shape index (κ2) is 10.2. The molecule has 0 aliphatic carbocycles. The van der Waals surface area contributed by atoms with Crippen molar-refractivity contribution in [1.29, 1.82) is 0 Å². The summed E-state index contributed by atoms with van der Waals surface area (Å²) < 4.78 is 11.9. The van der Waals surface area contributed by atoms with Crippen LogP contribution in [0.25, 0.3) is 22.2 Å². The number of fused-ring (bicyclic) bond motifs is 1. The van der Waals surface area contributed by atoms with Crippen molar-refractivity contribution in [2.75, 3.05) is 6.61 Å². The third-order valence-corrected chi connectivity index (χ3v) is 6.31. The summed E-state index contributed by atoms with van der Waals surface area (Å²) in [6.07, 6.45) is 5.49. The number of halogens is 2. The monoisotopic (exact) mass is 483 g/mol. The van der Waals surface area contributed by atoms with Crippen LogP contribution < -0.4 is 4.74 Å². The van der Waals surface area contributed by atoms with E-state index in [-0.39, 0.29) is 0 Å². The van der Waals surface area contributed by atoms with E-state index in [4.69, 9.17) is 32.7 Å². The zero-order chi connectivity index (χ0) is 22.5. The normalized spacial score (nSPS) is 11.2. The van der Waals surface area contributed by atoms with Gasteiger partial charge in [-0.2, -0.15) is 0 Å². The molecule has 0 saturated heterocycles. The molecule has 0 atom stereocenters. The van der Waals surface area contributed by atoms with Crippen LogP contribution in [0.1, 0.15) is 34.0 Å². The number of benzene rings is 2. The first-order valence-electron chi connectivity index (χ1n) is 9.93. The Hall–Kier alpha value is -2.86. The SMILES string of the molecule is CCOC(=O)c1cnc(Cl)c2c(COc3cccc(C=Cc4ccc(Cl)cc4)c3)csc12. The van der Waals surface area contributed by atoms with Gasteiger partial charge in [-0.3, -0.25) is 0 Å². The fraction of sp³-hybridized carbons (Fsp3) is 0.120. The smallest absolute Gasteiger partial charge is 0.341 e. The van der Waals surface area contributed by atoms with Crippen LogP contribution >= 0.6 is 34.5 Å². The largest absolute Gasteiger partial charge is 0.489 e. The summed E-state index contributed by atoms with van der Waals surface area (Å²) in [5.74, 6) is 0.324. The molecule has 162 valence electrons. The van der Waals surface area contributed by atoms with E-state index in [1.807, 2.05) is 66.1 Å². The highest BCUT2D eigenvalue weighted by atomic mass is 35.5. The minimum atomic E-state index is -0.406. The first-order chi connectivity index (χ1) is 15.5. The maximum atomic E-state index is 12.2. The summed E-state index contributed by atoms with van der Waals surface area (Å²) >= 11 is 13.7. The molecule has 2 heterocycles. The highest BCUT2D eigenvalue weighted by molar-refractivity contribution is 7.17. The van der Waals surface area contributed by atoms with E-state index in [0.29, 0.717) is 29.0 Å². The van der Waals surface area contributed by atoms with Gasteiger partial charge in [0.15, 0.2) is 0 Å². The van der Waals surface area contributed by atoms with Crippen LogP contribution in [-0.4, -0.2) is 17.6 Å². The first-order valence-corrected chi connectivity index (χ1v) is 11.6. The zero-order valence-corrected chi connectivity index (χ0v) is 19.5. The van der Waals surface area contributed by atoms with Crippen LogP contribution in [0.2, 0.25) is 10.2 Å². The summed E-state index contributed by atoms with van der Waals surface area (Å²) in [5, 5.41) is 3.71. The van der Waals surface area contributed by atoms with Crippen molar-refractivity contribution in [1.82, 2.24) is 4.98 Å². The Balaban J connectivity index is 1.51. The molecule has 0 saturated carbocycles. The van der Waals surface area contributed by atoms with E-state index >= 15 is 0 Å². The Kier molecular flexibility index (Phi) is 7.10. The van der Waals surface area contributed by atoms with Gasteiger partial charge in [-0.1, -0.05) is 59.6 Å². The number of rotatable bonds is 7. The Bertz CT molecular complexity index is 1280. The number of pyridine rings is 1. The summed E-state index contributed by atoms with van der Waals surface area (Å²) in [6.45, 7) is 2.37. The predicted molar refractivity (Wildman–Crippen MR) is 132 cm³/mol. The summed E-state index contributed by atoms with van der Waals surface area (Å²) in [4.78, 5) is 16.4. The number of hydrogen-bond donors (Lipinski definition) is 0. The van der Waals surface area contributed by atoms with E-state index in [2.05, 4.69) is 4.98 Å². The third kappa shape index (κ3) is 5.13. The average molecular weight is 484 g/mol. The van der Waals surface area contributed by atoms with Gasteiger partial charge in [0, 0.05) is 22.2 Å². The Morgan fingerprint density at radius 3 is 2.66 bits per heavy atom. The molecule has 4 aromatic rings. The number of nitrogens with zero attached hydrogens (tertiary/aromatic N) is 1. The number of aromatic nitrogens is 1. The second-order valence-electron chi connectivity index (χ2n) is 6.89. The molecule has 0 aliphatic rings. The number of esters is 1. The fourth-order valence-electron chi connectivity index (χ4n) is 3.16. The molecule has 0 fully saturated rings. The van der Waals surface area contributed by atoms with Gasteiger partial charge in [0.05, 0.1) is 16.9 Å². The number of carbonyl (C=O) groups excluding carboxylic acids is 1.